The number of amides is 1. The summed E-state index contributed by atoms with van der Waals surface area (Å²) < 4.78 is 52.6. The van der Waals surface area contributed by atoms with Crippen LogP contribution in [0.15, 0.2) is 54.2 Å². The zero-order valence-corrected chi connectivity index (χ0v) is 14.5. The summed E-state index contributed by atoms with van der Waals surface area (Å²) in [5.41, 5.74) is 0.142. The molecule has 2 aromatic rings. The van der Waals surface area contributed by atoms with Gasteiger partial charge in [0.25, 0.3) is 5.91 Å². The van der Waals surface area contributed by atoms with Gasteiger partial charge in [0.05, 0.1) is 4.90 Å². The third-order valence-corrected chi connectivity index (χ3v) is 4.84. The summed E-state index contributed by atoms with van der Waals surface area (Å²) in [6.07, 6.45) is 3.93. The maximum absolute atomic E-state index is 12.7. The molecule has 0 unspecified atom stereocenters. The molecule has 7 nitrogen and oxygen atoms in total. The van der Waals surface area contributed by atoms with Gasteiger partial charge in [0.2, 0.25) is 10.0 Å². The Morgan fingerprint density at radius 2 is 2.15 bits per heavy atom. The van der Waals surface area contributed by atoms with Crippen LogP contribution in [-0.4, -0.2) is 37.0 Å². The second kappa shape index (κ2) is 8.68. The molecule has 0 spiro atoms. The van der Waals surface area contributed by atoms with Gasteiger partial charge in [-0.2, -0.15) is 8.78 Å². The lowest BCUT2D eigenvalue weighted by molar-refractivity contribution is 0.0670. The minimum Gasteiger partial charge on any atom is -0.352 e. The van der Waals surface area contributed by atoms with Crippen molar-refractivity contribution in [1.82, 2.24) is 19.6 Å². The Morgan fingerprint density at radius 1 is 1.38 bits per heavy atom. The standard InChI is InChI=1S/C16H18F2N4O3S/c1-2-7-21-26(24,25)13-5-3-4-12(11-13)15(23)20-8-6-14-19-9-10-22(14)16(17)18/h2-5,9-11,16,21H,1,6-8H2,(H,20,23). The average molecular weight is 384 g/mol. The van der Waals surface area contributed by atoms with Crippen LogP contribution in [0.25, 0.3) is 0 Å². The van der Waals surface area contributed by atoms with E-state index in [9.17, 15) is 22.0 Å². The van der Waals surface area contributed by atoms with E-state index >= 15 is 0 Å². The third kappa shape index (κ3) is 4.96. The first-order chi connectivity index (χ1) is 12.3. The fourth-order valence-corrected chi connectivity index (χ4v) is 3.21. The van der Waals surface area contributed by atoms with Crippen molar-refractivity contribution >= 4 is 15.9 Å². The molecule has 2 rings (SSSR count). The highest BCUT2D eigenvalue weighted by Gasteiger charge is 2.16. The molecule has 0 atom stereocenters. The van der Waals surface area contributed by atoms with E-state index in [2.05, 4.69) is 21.6 Å². The van der Waals surface area contributed by atoms with Crippen molar-refractivity contribution in [3.8, 4) is 0 Å². The van der Waals surface area contributed by atoms with Crippen LogP contribution in [0.2, 0.25) is 0 Å². The minimum atomic E-state index is -3.75. The molecule has 10 heteroatoms. The Hall–Kier alpha value is -2.59. The smallest absolute Gasteiger partial charge is 0.319 e. The van der Waals surface area contributed by atoms with Crippen molar-refractivity contribution in [3.63, 3.8) is 0 Å². The summed E-state index contributed by atoms with van der Waals surface area (Å²) in [7, 11) is -3.75. The van der Waals surface area contributed by atoms with Crippen molar-refractivity contribution in [2.24, 2.45) is 0 Å². The van der Waals surface area contributed by atoms with E-state index in [1.54, 1.807) is 0 Å². The van der Waals surface area contributed by atoms with E-state index in [1.807, 2.05) is 0 Å². The minimum absolute atomic E-state index is 0.0553. The van der Waals surface area contributed by atoms with Crippen molar-refractivity contribution in [2.45, 2.75) is 17.9 Å². The van der Waals surface area contributed by atoms with Crippen LogP contribution in [-0.2, 0) is 16.4 Å². The molecule has 0 aliphatic rings. The van der Waals surface area contributed by atoms with Gasteiger partial charge in [-0.1, -0.05) is 12.1 Å². The predicted octanol–water partition coefficient (Wildman–Crippen LogP) is 1.71. The normalized spacial score (nSPS) is 11.5. The molecular weight excluding hydrogens is 366 g/mol. The Kier molecular flexibility index (Phi) is 6.58. The number of nitrogens with one attached hydrogen (secondary N) is 2. The van der Waals surface area contributed by atoms with E-state index in [-0.39, 0.29) is 35.8 Å². The number of benzene rings is 1. The topological polar surface area (TPSA) is 93.1 Å². The summed E-state index contributed by atoms with van der Waals surface area (Å²) >= 11 is 0. The lowest BCUT2D eigenvalue weighted by Gasteiger charge is -2.09. The van der Waals surface area contributed by atoms with E-state index in [1.165, 1.54) is 36.5 Å². The monoisotopic (exact) mass is 384 g/mol. The first kappa shape index (κ1) is 19.7. The molecule has 0 radical (unpaired) electrons. The van der Waals surface area contributed by atoms with Gasteiger partial charge >= 0.3 is 6.55 Å². The molecule has 140 valence electrons. The summed E-state index contributed by atoms with van der Waals surface area (Å²) in [4.78, 5) is 15.9. The number of halogens is 2. The Bertz CT molecular complexity index is 881. The third-order valence-electron chi connectivity index (χ3n) is 3.42. The zero-order chi connectivity index (χ0) is 19.2. The molecule has 2 N–H and O–H groups in total. The summed E-state index contributed by atoms with van der Waals surface area (Å²) in [5.74, 6) is -0.369. The van der Waals surface area contributed by atoms with Crippen LogP contribution in [0.1, 0.15) is 22.7 Å². The number of rotatable bonds is 9. The molecule has 0 bridgehead atoms. The highest BCUT2D eigenvalue weighted by molar-refractivity contribution is 7.89. The number of hydrogen-bond acceptors (Lipinski definition) is 4. The molecule has 26 heavy (non-hydrogen) atoms. The molecule has 1 aromatic heterocycles. The largest absolute Gasteiger partial charge is 0.352 e. The molecule has 1 aromatic carbocycles. The van der Waals surface area contributed by atoms with Crippen molar-refractivity contribution < 1.29 is 22.0 Å². The van der Waals surface area contributed by atoms with Crippen LogP contribution >= 0.6 is 0 Å². The number of aromatic nitrogens is 2. The van der Waals surface area contributed by atoms with Crippen molar-refractivity contribution in [2.75, 3.05) is 13.1 Å². The fraction of sp³-hybridized carbons (Fsp3) is 0.250. The molecule has 1 heterocycles. The van der Waals surface area contributed by atoms with Gasteiger partial charge in [0, 0.05) is 37.5 Å². The van der Waals surface area contributed by atoms with Gasteiger partial charge in [-0.05, 0) is 18.2 Å². The van der Waals surface area contributed by atoms with Gasteiger partial charge in [-0.15, -0.1) is 6.58 Å². The second-order valence-corrected chi connectivity index (χ2v) is 6.97. The molecule has 0 saturated heterocycles. The predicted molar refractivity (Wildman–Crippen MR) is 91.3 cm³/mol. The number of alkyl halides is 2. The molecule has 0 aliphatic heterocycles. The van der Waals surface area contributed by atoms with Crippen molar-refractivity contribution in [1.29, 1.82) is 0 Å². The van der Waals surface area contributed by atoms with Crippen LogP contribution < -0.4 is 10.0 Å². The number of carbonyl (C=O) groups is 1. The maximum Gasteiger partial charge on any atom is 0.319 e. The van der Waals surface area contributed by atoms with Gasteiger partial charge in [-0.3, -0.25) is 9.36 Å². The summed E-state index contributed by atoms with van der Waals surface area (Å²) in [5, 5.41) is 2.56. The van der Waals surface area contributed by atoms with Gasteiger partial charge < -0.3 is 5.32 Å². The number of nitrogens with zero attached hydrogens (tertiary/aromatic N) is 2. The van der Waals surface area contributed by atoms with Crippen molar-refractivity contribution in [3.05, 3.63) is 60.7 Å². The Morgan fingerprint density at radius 3 is 2.85 bits per heavy atom. The van der Waals surface area contributed by atoms with E-state index in [0.717, 1.165) is 6.20 Å². The van der Waals surface area contributed by atoms with Crippen LogP contribution in [0.4, 0.5) is 8.78 Å². The highest BCUT2D eigenvalue weighted by Crippen LogP contribution is 2.13. The van der Waals surface area contributed by atoms with Crippen LogP contribution in [0, 0.1) is 0 Å². The Labute approximate surface area is 149 Å². The Balaban J connectivity index is 2.00. The number of carbonyl (C=O) groups excluding carboxylic acids is 1. The first-order valence-corrected chi connectivity index (χ1v) is 9.12. The summed E-state index contributed by atoms with van der Waals surface area (Å²) in [6, 6.07) is 5.51. The number of hydrogen-bond donors (Lipinski definition) is 2. The lowest BCUT2D eigenvalue weighted by Crippen LogP contribution is -2.27. The average Bonchev–Trinajstić information content (AvgIpc) is 3.09. The zero-order valence-electron chi connectivity index (χ0n) is 13.7. The van der Waals surface area contributed by atoms with E-state index in [0.29, 0.717) is 4.57 Å². The SMILES string of the molecule is C=CCNS(=O)(=O)c1cccc(C(=O)NCCc2nccn2C(F)F)c1. The summed E-state index contributed by atoms with van der Waals surface area (Å²) in [6.45, 7) is 0.872. The van der Waals surface area contributed by atoms with E-state index in [4.69, 9.17) is 0 Å². The quantitative estimate of drug-likeness (QED) is 0.644. The van der Waals surface area contributed by atoms with Crippen LogP contribution in [0.5, 0.6) is 0 Å². The molecular formula is C16H18F2N4O3S. The number of imidazole rings is 1. The molecule has 1 amide bonds. The van der Waals surface area contributed by atoms with E-state index < -0.39 is 22.5 Å². The fourth-order valence-electron chi connectivity index (χ4n) is 2.16. The molecule has 0 fully saturated rings. The number of sulfonamides is 1. The second-order valence-electron chi connectivity index (χ2n) is 5.20. The maximum atomic E-state index is 12.7. The van der Waals surface area contributed by atoms with Gasteiger partial charge in [0.1, 0.15) is 5.82 Å². The molecule has 0 saturated carbocycles. The van der Waals surface area contributed by atoms with Gasteiger partial charge in [-0.25, -0.2) is 18.1 Å². The molecule has 0 aliphatic carbocycles. The van der Waals surface area contributed by atoms with Gasteiger partial charge in [0.15, 0.2) is 0 Å². The first-order valence-electron chi connectivity index (χ1n) is 7.64. The highest BCUT2D eigenvalue weighted by atomic mass is 32.2. The van der Waals surface area contributed by atoms with Crippen LogP contribution in [0.3, 0.4) is 0 Å². The lowest BCUT2D eigenvalue weighted by atomic mass is 10.2.